The zero-order chi connectivity index (χ0) is 16.2. The molecule has 0 unspecified atom stereocenters. The van der Waals surface area contributed by atoms with Gasteiger partial charge >= 0.3 is 0 Å². The molecule has 0 N–H and O–H groups in total. The monoisotopic (exact) mass is 329 g/mol. The van der Waals surface area contributed by atoms with Gasteiger partial charge in [-0.3, -0.25) is 10.1 Å². The molecule has 7 heteroatoms. The van der Waals surface area contributed by atoms with Crippen molar-refractivity contribution in [1.82, 2.24) is 4.98 Å². The van der Waals surface area contributed by atoms with Crippen LogP contribution in [0.5, 0.6) is 0 Å². The first kappa shape index (κ1) is 15.1. The molecule has 2 aromatic heterocycles. The molecule has 0 aliphatic carbocycles. The van der Waals surface area contributed by atoms with Crippen molar-refractivity contribution in [2.24, 2.45) is 0 Å². The van der Waals surface area contributed by atoms with Crippen LogP contribution in [0.2, 0.25) is 5.02 Å². The Kier molecular flexibility index (Phi) is 4.25. The van der Waals surface area contributed by atoms with E-state index in [1.807, 2.05) is 23.1 Å². The predicted octanol–water partition coefficient (Wildman–Crippen LogP) is 4.57. The van der Waals surface area contributed by atoms with Crippen LogP contribution in [0, 0.1) is 10.1 Å². The molecule has 0 radical (unpaired) electrons. The fraction of sp³-hybridized carbons (Fsp3) is 0.0625. The van der Waals surface area contributed by atoms with Gasteiger partial charge in [0.2, 0.25) is 0 Å². The summed E-state index contributed by atoms with van der Waals surface area (Å²) in [6.45, 7) is 0.444. The van der Waals surface area contributed by atoms with Gasteiger partial charge in [-0.15, -0.1) is 0 Å². The van der Waals surface area contributed by atoms with Gasteiger partial charge in [0.15, 0.2) is 0 Å². The van der Waals surface area contributed by atoms with Crippen molar-refractivity contribution in [2.45, 2.75) is 6.54 Å². The van der Waals surface area contributed by atoms with Crippen LogP contribution in [0.15, 0.2) is 65.4 Å². The second kappa shape index (κ2) is 6.50. The normalized spacial score (nSPS) is 10.5. The van der Waals surface area contributed by atoms with Crippen LogP contribution < -0.4 is 4.90 Å². The van der Waals surface area contributed by atoms with E-state index in [9.17, 15) is 10.1 Å². The second-order valence-electron chi connectivity index (χ2n) is 4.77. The Hall–Kier alpha value is -2.86. The van der Waals surface area contributed by atoms with Crippen molar-refractivity contribution in [3.63, 3.8) is 0 Å². The van der Waals surface area contributed by atoms with E-state index < -0.39 is 4.92 Å². The van der Waals surface area contributed by atoms with E-state index in [4.69, 9.17) is 16.0 Å². The van der Waals surface area contributed by atoms with E-state index in [-0.39, 0.29) is 5.69 Å². The van der Waals surface area contributed by atoms with Gasteiger partial charge in [0.1, 0.15) is 17.8 Å². The van der Waals surface area contributed by atoms with Crippen LogP contribution >= 0.6 is 11.6 Å². The molecule has 116 valence electrons. The molecule has 0 bridgehead atoms. The second-order valence-corrected chi connectivity index (χ2v) is 5.21. The minimum Gasteiger partial charge on any atom is -0.467 e. The van der Waals surface area contributed by atoms with Crippen LogP contribution in [0.3, 0.4) is 0 Å². The number of pyridine rings is 1. The molecule has 0 fully saturated rings. The maximum Gasteiger partial charge on any atom is 0.287 e. The van der Waals surface area contributed by atoms with Crippen LogP contribution in [-0.2, 0) is 6.54 Å². The maximum atomic E-state index is 10.8. The molecular weight excluding hydrogens is 318 g/mol. The first-order valence-electron chi connectivity index (χ1n) is 6.79. The maximum absolute atomic E-state index is 10.8. The molecule has 0 amide bonds. The lowest BCUT2D eigenvalue weighted by Gasteiger charge is -2.22. The molecule has 0 aliphatic rings. The van der Waals surface area contributed by atoms with Crippen molar-refractivity contribution >= 4 is 28.8 Å². The summed E-state index contributed by atoms with van der Waals surface area (Å²) in [4.78, 5) is 16.4. The molecule has 3 rings (SSSR count). The Labute approximate surface area is 137 Å². The zero-order valence-corrected chi connectivity index (χ0v) is 12.7. The van der Waals surface area contributed by atoms with Gasteiger partial charge < -0.3 is 9.32 Å². The molecule has 2 heterocycles. The van der Waals surface area contributed by atoms with E-state index in [1.54, 1.807) is 30.5 Å². The summed E-state index contributed by atoms with van der Waals surface area (Å²) in [5.74, 6) is 1.33. The van der Waals surface area contributed by atoms with Crippen LogP contribution in [0.25, 0.3) is 0 Å². The van der Waals surface area contributed by atoms with Gasteiger partial charge in [-0.05, 0) is 42.5 Å². The van der Waals surface area contributed by atoms with Crippen molar-refractivity contribution in [3.05, 3.63) is 81.9 Å². The number of benzene rings is 1. The molecule has 1 aromatic carbocycles. The van der Waals surface area contributed by atoms with Gasteiger partial charge in [0.25, 0.3) is 5.69 Å². The van der Waals surface area contributed by atoms with Crippen molar-refractivity contribution in [1.29, 1.82) is 0 Å². The Morgan fingerprint density at radius 1 is 1.17 bits per heavy atom. The smallest absolute Gasteiger partial charge is 0.287 e. The van der Waals surface area contributed by atoms with Crippen molar-refractivity contribution in [2.75, 3.05) is 4.90 Å². The van der Waals surface area contributed by atoms with Gasteiger partial charge in [-0.2, -0.15) is 0 Å². The van der Waals surface area contributed by atoms with Crippen molar-refractivity contribution < 1.29 is 9.34 Å². The summed E-state index contributed by atoms with van der Waals surface area (Å²) in [5.41, 5.74) is 0.801. The number of hydrogen-bond acceptors (Lipinski definition) is 5. The van der Waals surface area contributed by atoms with E-state index >= 15 is 0 Å². The van der Waals surface area contributed by atoms with Crippen molar-refractivity contribution in [3.8, 4) is 0 Å². The van der Waals surface area contributed by atoms with Gasteiger partial charge in [-0.25, -0.2) is 4.98 Å². The third-order valence-corrected chi connectivity index (χ3v) is 3.50. The summed E-state index contributed by atoms with van der Waals surface area (Å²) >= 11 is 5.93. The Morgan fingerprint density at radius 3 is 2.52 bits per heavy atom. The number of aromatic nitrogens is 1. The quantitative estimate of drug-likeness (QED) is 0.506. The average Bonchev–Trinajstić information content (AvgIpc) is 3.07. The first-order valence-corrected chi connectivity index (χ1v) is 7.17. The van der Waals surface area contributed by atoms with Crippen LogP contribution in [-0.4, -0.2) is 9.91 Å². The topological polar surface area (TPSA) is 72.4 Å². The molecule has 3 aromatic rings. The molecular formula is C16H12ClN3O3. The zero-order valence-electron chi connectivity index (χ0n) is 11.9. The third kappa shape index (κ3) is 3.49. The number of nitro groups is 1. The molecule has 6 nitrogen and oxygen atoms in total. The largest absolute Gasteiger partial charge is 0.467 e. The minimum atomic E-state index is -0.476. The summed E-state index contributed by atoms with van der Waals surface area (Å²) < 4.78 is 5.39. The summed E-state index contributed by atoms with van der Waals surface area (Å²) in [6, 6.07) is 14.0. The summed E-state index contributed by atoms with van der Waals surface area (Å²) in [5, 5.41) is 11.4. The Balaban J connectivity index is 1.96. The highest BCUT2D eigenvalue weighted by Gasteiger charge is 2.15. The Bertz CT molecular complexity index is 786. The van der Waals surface area contributed by atoms with E-state index in [2.05, 4.69) is 4.98 Å². The minimum absolute atomic E-state index is 0.0530. The number of hydrogen-bond donors (Lipinski definition) is 0. The average molecular weight is 330 g/mol. The predicted molar refractivity (Wildman–Crippen MR) is 86.9 cm³/mol. The Morgan fingerprint density at radius 2 is 1.96 bits per heavy atom. The fourth-order valence-corrected chi connectivity index (χ4v) is 2.26. The van der Waals surface area contributed by atoms with E-state index in [1.165, 1.54) is 12.3 Å². The van der Waals surface area contributed by atoms with Crippen LogP contribution in [0.4, 0.5) is 17.2 Å². The number of rotatable bonds is 5. The fourth-order valence-electron chi connectivity index (χ4n) is 2.13. The highest BCUT2D eigenvalue weighted by atomic mass is 35.5. The van der Waals surface area contributed by atoms with Gasteiger partial charge in [0.05, 0.1) is 17.7 Å². The number of halogens is 1. The van der Waals surface area contributed by atoms with Gasteiger partial charge in [0, 0.05) is 16.8 Å². The van der Waals surface area contributed by atoms with E-state index in [0.717, 1.165) is 11.4 Å². The lowest BCUT2D eigenvalue weighted by Crippen LogP contribution is -2.17. The molecule has 0 saturated carbocycles. The standard InChI is InChI=1S/C16H12ClN3O3/c17-12-3-5-13(6-4-12)19(11-15-2-1-9-23-15)16-8-7-14(10-18-16)20(21)22/h1-10H,11H2. The molecule has 0 spiro atoms. The molecule has 0 aliphatic heterocycles. The highest BCUT2D eigenvalue weighted by Crippen LogP contribution is 2.28. The van der Waals surface area contributed by atoms with E-state index in [0.29, 0.717) is 17.4 Å². The first-order chi connectivity index (χ1) is 11.1. The number of nitrogens with zero attached hydrogens (tertiary/aromatic N) is 3. The SMILES string of the molecule is O=[N+]([O-])c1ccc(N(Cc2ccco2)c2ccc(Cl)cc2)nc1. The number of anilines is 2. The number of furan rings is 1. The summed E-state index contributed by atoms with van der Waals surface area (Å²) in [6.07, 6.45) is 2.83. The third-order valence-electron chi connectivity index (χ3n) is 3.25. The lowest BCUT2D eigenvalue weighted by atomic mass is 10.2. The van der Waals surface area contributed by atoms with Gasteiger partial charge in [-0.1, -0.05) is 11.6 Å². The molecule has 0 saturated heterocycles. The molecule has 0 atom stereocenters. The summed E-state index contributed by atoms with van der Waals surface area (Å²) in [7, 11) is 0. The van der Waals surface area contributed by atoms with Crippen LogP contribution in [0.1, 0.15) is 5.76 Å². The highest BCUT2D eigenvalue weighted by molar-refractivity contribution is 6.30. The molecule has 23 heavy (non-hydrogen) atoms. The lowest BCUT2D eigenvalue weighted by molar-refractivity contribution is -0.385.